The maximum absolute atomic E-state index is 5.93. The van der Waals surface area contributed by atoms with E-state index in [-0.39, 0.29) is 5.54 Å². The second-order valence-electron chi connectivity index (χ2n) is 3.49. The molecule has 0 radical (unpaired) electrons. The zero-order valence-corrected chi connectivity index (χ0v) is 8.91. The van der Waals surface area contributed by atoms with Gasteiger partial charge in [-0.3, -0.25) is 0 Å². The fourth-order valence-electron chi connectivity index (χ4n) is 1.64. The van der Waals surface area contributed by atoms with E-state index >= 15 is 0 Å². The Morgan fingerprint density at radius 1 is 1.15 bits per heavy atom. The summed E-state index contributed by atoms with van der Waals surface area (Å²) in [6, 6.07) is 5.73. The van der Waals surface area contributed by atoms with Crippen LogP contribution >= 0.6 is 23.2 Å². The van der Waals surface area contributed by atoms with Crippen LogP contribution in [0.3, 0.4) is 0 Å². The van der Waals surface area contributed by atoms with E-state index in [0.29, 0.717) is 10.0 Å². The van der Waals surface area contributed by atoms with Gasteiger partial charge in [-0.05, 0) is 43.7 Å². The van der Waals surface area contributed by atoms with E-state index in [2.05, 4.69) is 5.32 Å². The Labute approximate surface area is 88.0 Å². The first kappa shape index (κ1) is 9.32. The van der Waals surface area contributed by atoms with Gasteiger partial charge in [0.25, 0.3) is 0 Å². The molecule has 1 aromatic rings. The summed E-state index contributed by atoms with van der Waals surface area (Å²) in [7, 11) is 1.97. The maximum atomic E-state index is 5.93. The molecule has 1 aliphatic carbocycles. The van der Waals surface area contributed by atoms with Gasteiger partial charge < -0.3 is 5.32 Å². The highest BCUT2D eigenvalue weighted by molar-refractivity contribution is 6.34. The van der Waals surface area contributed by atoms with Crippen LogP contribution in [0.2, 0.25) is 10.0 Å². The van der Waals surface area contributed by atoms with Crippen molar-refractivity contribution >= 4 is 23.2 Å². The van der Waals surface area contributed by atoms with Gasteiger partial charge in [-0.1, -0.05) is 23.2 Å². The van der Waals surface area contributed by atoms with E-state index in [1.807, 2.05) is 19.2 Å². The molecule has 1 aliphatic rings. The van der Waals surface area contributed by atoms with Gasteiger partial charge >= 0.3 is 0 Å². The first-order valence-corrected chi connectivity index (χ1v) is 5.07. The van der Waals surface area contributed by atoms with Crippen molar-refractivity contribution in [3.63, 3.8) is 0 Å². The number of rotatable bonds is 2. The van der Waals surface area contributed by atoms with Crippen molar-refractivity contribution in [3.05, 3.63) is 33.8 Å². The molecule has 1 aromatic carbocycles. The summed E-state index contributed by atoms with van der Waals surface area (Å²) in [5, 5.41) is 4.73. The zero-order chi connectivity index (χ0) is 9.47. The van der Waals surface area contributed by atoms with Crippen molar-refractivity contribution < 1.29 is 0 Å². The molecule has 0 spiro atoms. The largest absolute Gasteiger partial charge is 0.310 e. The topological polar surface area (TPSA) is 12.0 Å². The molecular weight excluding hydrogens is 205 g/mol. The second-order valence-corrected chi connectivity index (χ2v) is 4.36. The van der Waals surface area contributed by atoms with Gasteiger partial charge in [-0.2, -0.15) is 0 Å². The first-order chi connectivity index (χ1) is 6.16. The summed E-state index contributed by atoms with van der Waals surface area (Å²) in [5.74, 6) is 0. The highest BCUT2D eigenvalue weighted by atomic mass is 35.5. The van der Waals surface area contributed by atoms with E-state index in [0.717, 1.165) is 0 Å². The summed E-state index contributed by atoms with van der Waals surface area (Å²) in [5.41, 5.74) is 1.35. The van der Waals surface area contributed by atoms with Crippen LogP contribution in [0.25, 0.3) is 0 Å². The minimum atomic E-state index is 0.147. The zero-order valence-electron chi connectivity index (χ0n) is 7.40. The highest BCUT2D eigenvalue weighted by Gasteiger charge is 2.42. The molecule has 0 amide bonds. The average molecular weight is 216 g/mol. The minimum absolute atomic E-state index is 0.147. The van der Waals surface area contributed by atoms with Crippen molar-refractivity contribution in [1.29, 1.82) is 0 Å². The van der Waals surface area contributed by atoms with Crippen molar-refractivity contribution in [1.82, 2.24) is 5.32 Å². The third-order valence-electron chi connectivity index (χ3n) is 2.64. The summed E-state index contributed by atoms with van der Waals surface area (Å²) >= 11 is 11.9. The SMILES string of the molecule is CNC1(c2cc(Cl)cc(Cl)c2)CC1. The summed E-state index contributed by atoms with van der Waals surface area (Å²) < 4.78 is 0. The molecule has 0 atom stereocenters. The molecule has 2 rings (SSSR count). The normalized spacial score (nSPS) is 18.7. The molecule has 0 heterocycles. The summed E-state index contributed by atoms with van der Waals surface area (Å²) in [6.07, 6.45) is 2.33. The highest BCUT2D eigenvalue weighted by Crippen LogP contribution is 2.46. The van der Waals surface area contributed by atoms with Crippen LogP contribution in [0, 0.1) is 0 Å². The second kappa shape index (κ2) is 3.16. The van der Waals surface area contributed by atoms with Crippen LogP contribution in [0.1, 0.15) is 18.4 Å². The van der Waals surface area contributed by atoms with Gasteiger partial charge in [-0.15, -0.1) is 0 Å². The Hall–Kier alpha value is -0.240. The van der Waals surface area contributed by atoms with Gasteiger partial charge in [0.2, 0.25) is 0 Å². The van der Waals surface area contributed by atoms with E-state index in [4.69, 9.17) is 23.2 Å². The molecule has 0 unspecified atom stereocenters. The predicted molar refractivity (Wildman–Crippen MR) is 56.4 cm³/mol. The molecule has 1 fully saturated rings. The Balaban J connectivity index is 2.40. The fourth-order valence-corrected chi connectivity index (χ4v) is 2.16. The molecular formula is C10H11Cl2N. The summed E-state index contributed by atoms with van der Waals surface area (Å²) in [4.78, 5) is 0. The molecule has 0 bridgehead atoms. The van der Waals surface area contributed by atoms with Crippen LogP contribution in [0.5, 0.6) is 0 Å². The maximum Gasteiger partial charge on any atom is 0.0434 e. The van der Waals surface area contributed by atoms with E-state index in [9.17, 15) is 0 Å². The lowest BCUT2D eigenvalue weighted by molar-refractivity contribution is 0.586. The van der Waals surface area contributed by atoms with Gasteiger partial charge in [0.05, 0.1) is 0 Å². The quantitative estimate of drug-likeness (QED) is 0.800. The third kappa shape index (κ3) is 1.69. The Bertz CT molecular complexity index is 311. The lowest BCUT2D eigenvalue weighted by Gasteiger charge is -2.14. The lowest BCUT2D eigenvalue weighted by Crippen LogP contribution is -2.24. The van der Waals surface area contributed by atoms with E-state index in [1.54, 1.807) is 6.07 Å². The number of nitrogens with one attached hydrogen (secondary N) is 1. The monoisotopic (exact) mass is 215 g/mol. The molecule has 0 aliphatic heterocycles. The lowest BCUT2D eigenvalue weighted by atomic mass is 10.1. The van der Waals surface area contributed by atoms with Crippen molar-refractivity contribution in [2.75, 3.05) is 7.05 Å². The average Bonchev–Trinajstić information content (AvgIpc) is 2.82. The molecule has 1 N–H and O–H groups in total. The van der Waals surface area contributed by atoms with Crippen LogP contribution in [0.15, 0.2) is 18.2 Å². The molecule has 0 aromatic heterocycles. The van der Waals surface area contributed by atoms with Crippen LogP contribution in [-0.2, 0) is 5.54 Å². The predicted octanol–water partition coefficient (Wildman–Crippen LogP) is 3.20. The minimum Gasteiger partial charge on any atom is -0.310 e. The Kier molecular flexibility index (Phi) is 2.26. The molecule has 0 saturated heterocycles. The van der Waals surface area contributed by atoms with Crippen molar-refractivity contribution in [2.24, 2.45) is 0 Å². The van der Waals surface area contributed by atoms with Crippen LogP contribution in [0.4, 0.5) is 0 Å². The van der Waals surface area contributed by atoms with Crippen molar-refractivity contribution in [3.8, 4) is 0 Å². The smallest absolute Gasteiger partial charge is 0.0434 e. The number of benzene rings is 1. The van der Waals surface area contributed by atoms with Gasteiger partial charge in [0, 0.05) is 15.6 Å². The van der Waals surface area contributed by atoms with Gasteiger partial charge in [-0.25, -0.2) is 0 Å². The fraction of sp³-hybridized carbons (Fsp3) is 0.400. The Morgan fingerprint density at radius 2 is 1.69 bits per heavy atom. The van der Waals surface area contributed by atoms with E-state index < -0.39 is 0 Å². The molecule has 1 nitrogen and oxygen atoms in total. The Morgan fingerprint density at radius 3 is 2.08 bits per heavy atom. The third-order valence-corrected chi connectivity index (χ3v) is 3.08. The van der Waals surface area contributed by atoms with Crippen LogP contribution < -0.4 is 5.32 Å². The standard InChI is InChI=1S/C10H11Cl2N/c1-13-10(2-3-10)7-4-8(11)6-9(12)5-7/h4-6,13H,2-3H2,1H3. The van der Waals surface area contributed by atoms with Crippen LogP contribution in [-0.4, -0.2) is 7.05 Å². The molecule has 1 saturated carbocycles. The van der Waals surface area contributed by atoms with E-state index in [1.165, 1.54) is 18.4 Å². The molecule has 13 heavy (non-hydrogen) atoms. The summed E-state index contributed by atoms with van der Waals surface area (Å²) in [6.45, 7) is 0. The number of halogens is 2. The van der Waals surface area contributed by atoms with Gasteiger partial charge in [0.15, 0.2) is 0 Å². The molecule has 70 valence electrons. The first-order valence-electron chi connectivity index (χ1n) is 4.32. The molecule has 3 heteroatoms. The van der Waals surface area contributed by atoms with Gasteiger partial charge in [0.1, 0.15) is 0 Å². The number of hydrogen-bond donors (Lipinski definition) is 1. The van der Waals surface area contributed by atoms with Crippen molar-refractivity contribution in [2.45, 2.75) is 18.4 Å². The number of hydrogen-bond acceptors (Lipinski definition) is 1.